The largest absolute Gasteiger partial charge is 0.508 e. The van der Waals surface area contributed by atoms with Crippen LogP contribution in [0.2, 0.25) is 0 Å². The highest BCUT2D eigenvalue weighted by molar-refractivity contribution is 6.62. The highest BCUT2D eigenvalue weighted by Gasteiger charge is 2.51. The average molecular weight is 324 g/mol. The SMILES string of the molecule is CC1(C)OB(c2ccc(N=Nc3ccc(O)cc3)cc2)OC1(C)C. The zero-order chi connectivity index (χ0) is 17.4. The lowest BCUT2D eigenvalue weighted by molar-refractivity contribution is 0.00578. The van der Waals surface area contributed by atoms with Crippen LogP contribution >= 0.6 is 0 Å². The van der Waals surface area contributed by atoms with Crippen LogP contribution in [0.4, 0.5) is 11.4 Å². The van der Waals surface area contributed by atoms with E-state index in [0.29, 0.717) is 5.69 Å². The third-order valence-electron chi connectivity index (χ3n) is 4.55. The van der Waals surface area contributed by atoms with Crippen molar-refractivity contribution in [2.45, 2.75) is 38.9 Å². The van der Waals surface area contributed by atoms with Gasteiger partial charge < -0.3 is 14.4 Å². The molecule has 0 amide bonds. The Morgan fingerprint density at radius 2 is 1.17 bits per heavy atom. The molecule has 0 aliphatic carbocycles. The number of rotatable bonds is 3. The van der Waals surface area contributed by atoms with E-state index in [9.17, 15) is 5.11 Å². The number of hydrogen-bond donors (Lipinski definition) is 1. The van der Waals surface area contributed by atoms with Gasteiger partial charge in [0.1, 0.15) is 5.75 Å². The fourth-order valence-corrected chi connectivity index (χ4v) is 2.31. The van der Waals surface area contributed by atoms with E-state index in [4.69, 9.17) is 9.31 Å². The maximum absolute atomic E-state index is 9.25. The Morgan fingerprint density at radius 3 is 1.62 bits per heavy atom. The molecule has 1 aliphatic heterocycles. The first-order valence-corrected chi connectivity index (χ1v) is 7.93. The molecule has 0 radical (unpaired) electrons. The predicted octanol–water partition coefficient (Wildman–Crippen LogP) is 4.11. The summed E-state index contributed by atoms with van der Waals surface area (Å²) in [6, 6.07) is 14.2. The van der Waals surface area contributed by atoms with Gasteiger partial charge in [-0.15, -0.1) is 0 Å². The number of phenols is 1. The van der Waals surface area contributed by atoms with Crippen LogP contribution in [0.15, 0.2) is 58.8 Å². The second-order valence-electron chi connectivity index (χ2n) is 6.90. The van der Waals surface area contributed by atoms with Crippen LogP contribution in [-0.4, -0.2) is 23.4 Å². The summed E-state index contributed by atoms with van der Waals surface area (Å²) in [6.45, 7) is 8.14. The zero-order valence-corrected chi connectivity index (χ0v) is 14.4. The second-order valence-corrected chi connectivity index (χ2v) is 6.90. The van der Waals surface area contributed by atoms with Crippen molar-refractivity contribution >= 4 is 24.0 Å². The highest BCUT2D eigenvalue weighted by atomic mass is 16.7. The van der Waals surface area contributed by atoms with Crippen molar-refractivity contribution in [1.29, 1.82) is 0 Å². The third-order valence-corrected chi connectivity index (χ3v) is 4.55. The van der Waals surface area contributed by atoms with Gasteiger partial charge in [-0.05, 0) is 69.6 Å². The minimum atomic E-state index is -0.377. The Labute approximate surface area is 142 Å². The molecule has 1 saturated heterocycles. The van der Waals surface area contributed by atoms with E-state index in [2.05, 4.69) is 10.2 Å². The minimum Gasteiger partial charge on any atom is -0.508 e. The topological polar surface area (TPSA) is 63.4 Å². The van der Waals surface area contributed by atoms with Crippen molar-refractivity contribution < 1.29 is 14.4 Å². The quantitative estimate of drug-likeness (QED) is 0.683. The van der Waals surface area contributed by atoms with Crippen LogP contribution in [0.5, 0.6) is 5.75 Å². The van der Waals surface area contributed by atoms with Gasteiger partial charge in [0.15, 0.2) is 0 Å². The molecule has 2 aromatic carbocycles. The van der Waals surface area contributed by atoms with E-state index >= 15 is 0 Å². The Balaban J connectivity index is 1.71. The lowest BCUT2D eigenvalue weighted by atomic mass is 9.79. The normalized spacial score (nSPS) is 19.1. The van der Waals surface area contributed by atoms with Gasteiger partial charge in [-0.1, -0.05) is 12.1 Å². The molecule has 124 valence electrons. The molecule has 1 aliphatic rings. The van der Waals surface area contributed by atoms with Gasteiger partial charge in [0.05, 0.1) is 22.6 Å². The molecule has 5 nitrogen and oxygen atoms in total. The van der Waals surface area contributed by atoms with Gasteiger partial charge in [0.25, 0.3) is 0 Å². The van der Waals surface area contributed by atoms with Crippen molar-refractivity contribution in [1.82, 2.24) is 0 Å². The van der Waals surface area contributed by atoms with Gasteiger partial charge in [-0.3, -0.25) is 0 Å². The fourth-order valence-electron chi connectivity index (χ4n) is 2.31. The van der Waals surface area contributed by atoms with Crippen molar-refractivity contribution in [3.05, 3.63) is 48.5 Å². The Bertz CT molecular complexity index is 724. The molecule has 0 saturated carbocycles. The summed E-state index contributed by atoms with van der Waals surface area (Å²) in [6.07, 6.45) is 0. The number of nitrogens with zero attached hydrogens (tertiary/aromatic N) is 2. The van der Waals surface area contributed by atoms with Gasteiger partial charge in [0, 0.05) is 0 Å². The molecule has 0 spiro atoms. The van der Waals surface area contributed by atoms with Gasteiger partial charge in [-0.2, -0.15) is 10.2 Å². The van der Waals surface area contributed by atoms with Crippen LogP contribution in [0.3, 0.4) is 0 Å². The number of aromatic hydroxyl groups is 1. The first-order valence-electron chi connectivity index (χ1n) is 7.93. The number of phenolic OH excluding ortho intramolecular Hbond substituents is 1. The van der Waals surface area contributed by atoms with Gasteiger partial charge in [0.2, 0.25) is 0 Å². The first-order chi connectivity index (χ1) is 11.3. The second kappa shape index (κ2) is 6.04. The zero-order valence-electron chi connectivity index (χ0n) is 14.4. The van der Waals surface area contributed by atoms with E-state index in [1.165, 1.54) is 0 Å². The molecule has 2 aromatic rings. The van der Waals surface area contributed by atoms with E-state index in [1.54, 1.807) is 24.3 Å². The van der Waals surface area contributed by atoms with Crippen LogP contribution in [0, 0.1) is 0 Å². The summed E-state index contributed by atoms with van der Waals surface area (Å²) in [7, 11) is -0.377. The highest BCUT2D eigenvalue weighted by Crippen LogP contribution is 2.36. The van der Waals surface area contributed by atoms with E-state index in [-0.39, 0.29) is 24.1 Å². The molecule has 24 heavy (non-hydrogen) atoms. The van der Waals surface area contributed by atoms with Crippen molar-refractivity contribution in [3.8, 4) is 5.75 Å². The molecule has 3 rings (SSSR count). The molecule has 6 heteroatoms. The van der Waals surface area contributed by atoms with E-state index in [0.717, 1.165) is 11.2 Å². The fraction of sp³-hybridized carbons (Fsp3) is 0.333. The van der Waals surface area contributed by atoms with Crippen molar-refractivity contribution in [3.63, 3.8) is 0 Å². The van der Waals surface area contributed by atoms with E-state index in [1.807, 2.05) is 52.0 Å². The average Bonchev–Trinajstić information content (AvgIpc) is 2.75. The molecular formula is C18H21BN2O3. The standard InChI is InChI=1S/C18H21BN2O3/c1-17(2)18(3,4)24-19(23-17)13-5-7-14(8-6-13)20-21-15-9-11-16(22)12-10-15/h5-12,22H,1-4H3. The Kier molecular flexibility index (Phi) is 4.19. The molecule has 0 aromatic heterocycles. The lowest BCUT2D eigenvalue weighted by Gasteiger charge is -2.32. The summed E-state index contributed by atoms with van der Waals surface area (Å²) < 4.78 is 12.1. The summed E-state index contributed by atoms with van der Waals surface area (Å²) in [5.41, 5.74) is 1.67. The molecule has 1 fully saturated rings. The number of hydrogen-bond acceptors (Lipinski definition) is 5. The smallest absolute Gasteiger partial charge is 0.494 e. The maximum atomic E-state index is 9.25. The van der Waals surface area contributed by atoms with Crippen LogP contribution in [0.1, 0.15) is 27.7 Å². The monoisotopic (exact) mass is 324 g/mol. The molecule has 1 N–H and O–H groups in total. The molecule has 0 atom stereocenters. The maximum Gasteiger partial charge on any atom is 0.494 e. The predicted molar refractivity (Wildman–Crippen MR) is 94.4 cm³/mol. The van der Waals surface area contributed by atoms with Crippen molar-refractivity contribution in [2.24, 2.45) is 10.2 Å². The molecule has 1 heterocycles. The summed E-state index contributed by atoms with van der Waals surface area (Å²) >= 11 is 0. The number of benzene rings is 2. The Morgan fingerprint density at radius 1 is 0.750 bits per heavy atom. The lowest BCUT2D eigenvalue weighted by Crippen LogP contribution is -2.41. The number of azo groups is 1. The summed E-state index contributed by atoms with van der Waals surface area (Å²) in [5, 5.41) is 17.6. The molecule has 0 unspecified atom stereocenters. The summed E-state index contributed by atoms with van der Waals surface area (Å²) in [5.74, 6) is 0.209. The molecular weight excluding hydrogens is 303 g/mol. The Hall–Kier alpha value is -2.18. The van der Waals surface area contributed by atoms with Crippen LogP contribution < -0.4 is 5.46 Å². The van der Waals surface area contributed by atoms with E-state index < -0.39 is 0 Å². The summed E-state index contributed by atoms with van der Waals surface area (Å²) in [4.78, 5) is 0. The first kappa shape index (κ1) is 16.7. The minimum absolute atomic E-state index is 0.209. The van der Waals surface area contributed by atoms with Gasteiger partial charge in [-0.25, -0.2) is 0 Å². The molecule has 0 bridgehead atoms. The third kappa shape index (κ3) is 3.35. The van der Waals surface area contributed by atoms with Crippen LogP contribution in [-0.2, 0) is 9.31 Å². The van der Waals surface area contributed by atoms with Crippen LogP contribution in [0.25, 0.3) is 0 Å². The van der Waals surface area contributed by atoms with Crippen molar-refractivity contribution in [2.75, 3.05) is 0 Å². The van der Waals surface area contributed by atoms with Gasteiger partial charge >= 0.3 is 7.12 Å².